The van der Waals surface area contributed by atoms with Gasteiger partial charge < -0.3 is 24.3 Å². The minimum Gasteiger partial charge on any atom is -0.496 e. The summed E-state index contributed by atoms with van der Waals surface area (Å²) in [6, 6.07) is 20.3. The molecule has 0 spiro atoms. The predicted molar refractivity (Wildman–Crippen MR) is 117 cm³/mol. The predicted octanol–water partition coefficient (Wildman–Crippen LogP) is 4.17. The van der Waals surface area contributed by atoms with Crippen molar-refractivity contribution in [1.29, 1.82) is 0 Å². The van der Waals surface area contributed by atoms with Gasteiger partial charge in [-0.15, -0.1) is 0 Å². The second-order valence-corrected chi connectivity index (χ2v) is 6.48. The number of nitrogens with one attached hydrogen (secondary N) is 1. The van der Waals surface area contributed by atoms with Crippen LogP contribution in [0.25, 0.3) is 11.1 Å². The maximum atomic E-state index is 12.5. The Kier molecular flexibility index (Phi) is 7.11. The van der Waals surface area contributed by atoms with Crippen LogP contribution >= 0.6 is 0 Å². The van der Waals surface area contributed by atoms with Crippen LogP contribution in [-0.4, -0.2) is 39.8 Å². The van der Waals surface area contributed by atoms with Gasteiger partial charge in [0.25, 0.3) is 5.91 Å². The van der Waals surface area contributed by atoms with Gasteiger partial charge >= 0.3 is 5.97 Å². The minimum atomic E-state index is -0.715. The molecule has 7 nitrogen and oxygen atoms in total. The molecular formula is C24H23NO6. The third-order valence-electron chi connectivity index (χ3n) is 4.54. The van der Waals surface area contributed by atoms with Gasteiger partial charge in [0.05, 0.1) is 21.3 Å². The van der Waals surface area contributed by atoms with Crippen LogP contribution < -0.4 is 19.5 Å². The van der Waals surface area contributed by atoms with Crippen LogP contribution in [0.4, 0.5) is 5.69 Å². The molecular weight excluding hydrogens is 398 g/mol. The molecule has 0 saturated heterocycles. The van der Waals surface area contributed by atoms with E-state index in [1.165, 1.54) is 33.5 Å². The van der Waals surface area contributed by atoms with E-state index in [4.69, 9.17) is 18.9 Å². The fourth-order valence-corrected chi connectivity index (χ4v) is 2.97. The number of hydrogen-bond acceptors (Lipinski definition) is 6. The number of esters is 1. The zero-order valence-electron chi connectivity index (χ0n) is 17.5. The first kappa shape index (κ1) is 21.7. The van der Waals surface area contributed by atoms with Crippen LogP contribution in [0.2, 0.25) is 0 Å². The zero-order valence-corrected chi connectivity index (χ0v) is 17.5. The van der Waals surface area contributed by atoms with Crippen molar-refractivity contribution in [3.05, 3.63) is 72.3 Å². The third kappa shape index (κ3) is 5.33. The smallest absolute Gasteiger partial charge is 0.342 e. The first-order valence-corrected chi connectivity index (χ1v) is 9.48. The molecule has 0 aromatic heterocycles. The van der Waals surface area contributed by atoms with Crippen molar-refractivity contribution in [2.45, 2.75) is 0 Å². The van der Waals surface area contributed by atoms with E-state index in [2.05, 4.69) is 5.32 Å². The molecule has 0 saturated carbocycles. The van der Waals surface area contributed by atoms with Gasteiger partial charge in [-0.1, -0.05) is 42.5 Å². The Hall–Kier alpha value is -4.00. The average molecular weight is 421 g/mol. The molecule has 160 valence electrons. The maximum absolute atomic E-state index is 12.5. The minimum absolute atomic E-state index is 0.125. The van der Waals surface area contributed by atoms with Crippen LogP contribution in [0, 0.1) is 0 Å². The lowest BCUT2D eigenvalue weighted by molar-refractivity contribution is -0.119. The molecule has 0 radical (unpaired) electrons. The normalized spacial score (nSPS) is 10.2. The first-order chi connectivity index (χ1) is 15.0. The zero-order chi connectivity index (χ0) is 22.2. The maximum Gasteiger partial charge on any atom is 0.342 e. The van der Waals surface area contributed by atoms with E-state index in [0.717, 1.165) is 11.1 Å². The Morgan fingerprint density at radius 2 is 1.32 bits per heavy atom. The molecule has 0 atom stereocenters. The van der Waals surface area contributed by atoms with Gasteiger partial charge in [-0.25, -0.2) is 4.79 Å². The van der Waals surface area contributed by atoms with Crippen LogP contribution in [-0.2, 0) is 9.53 Å². The highest BCUT2D eigenvalue weighted by atomic mass is 16.5. The number of benzene rings is 3. The average Bonchev–Trinajstić information content (AvgIpc) is 2.82. The molecule has 3 aromatic rings. The SMILES string of the molecule is COc1cc(OC)c(C(=O)OCC(=O)Nc2ccc(-c3ccccc3)cc2)cc1OC. The summed E-state index contributed by atoms with van der Waals surface area (Å²) < 4.78 is 20.8. The molecule has 7 heteroatoms. The largest absolute Gasteiger partial charge is 0.496 e. The van der Waals surface area contributed by atoms with Crippen molar-refractivity contribution in [2.75, 3.05) is 33.3 Å². The molecule has 0 aliphatic carbocycles. The molecule has 1 N–H and O–H groups in total. The molecule has 1 amide bonds. The molecule has 31 heavy (non-hydrogen) atoms. The van der Waals surface area contributed by atoms with Crippen molar-refractivity contribution in [3.8, 4) is 28.4 Å². The second-order valence-electron chi connectivity index (χ2n) is 6.48. The van der Waals surface area contributed by atoms with Crippen molar-refractivity contribution in [2.24, 2.45) is 0 Å². The molecule has 3 aromatic carbocycles. The fourth-order valence-electron chi connectivity index (χ4n) is 2.97. The van der Waals surface area contributed by atoms with Crippen LogP contribution in [0.1, 0.15) is 10.4 Å². The van der Waals surface area contributed by atoms with E-state index in [9.17, 15) is 9.59 Å². The van der Waals surface area contributed by atoms with Gasteiger partial charge in [-0.3, -0.25) is 4.79 Å². The molecule has 0 heterocycles. The van der Waals surface area contributed by atoms with Gasteiger partial charge in [0.1, 0.15) is 11.3 Å². The van der Waals surface area contributed by atoms with E-state index < -0.39 is 18.5 Å². The highest BCUT2D eigenvalue weighted by Crippen LogP contribution is 2.34. The summed E-state index contributed by atoms with van der Waals surface area (Å²) in [6.45, 7) is -0.448. The number of amides is 1. The van der Waals surface area contributed by atoms with E-state index in [-0.39, 0.29) is 11.3 Å². The topological polar surface area (TPSA) is 83.1 Å². The van der Waals surface area contributed by atoms with Crippen molar-refractivity contribution < 1.29 is 28.5 Å². The number of rotatable bonds is 8. The number of carbonyl (C=O) groups excluding carboxylic acids is 2. The Balaban J connectivity index is 1.61. The number of carbonyl (C=O) groups is 2. The van der Waals surface area contributed by atoms with E-state index in [0.29, 0.717) is 17.2 Å². The van der Waals surface area contributed by atoms with Gasteiger partial charge in [0.2, 0.25) is 0 Å². The quantitative estimate of drug-likeness (QED) is 0.550. The van der Waals surface area contributed by atoms with Gasteiger partial charge in [0.15, 0.2) is 18.1 Å². The van der Waals surface area contributed by atoms with Gasteiger partial charge in [-0.05, 0) is 23.3 Å². The van der Waals surface area contributed by atoms with E-state index in [1.54, 1.807) is 12.1 Å². The van der Waals surface area contributed by atoms with Crippen LogP contribution in [0.3, 0.4) is 0 Å². The summed E-state index contributed by atoms with van der Waals surface area (Å²) in [4.78, 5) is 24.7. The summed E-state index contributed by atoms with van der Waals surface area (Å²) in [5, 5.41) is 2.70. The van der Waals surface area contributed by atoms with E-state index in [1.807, 2.05) is 42.5 Å². The van der Waals surface area contributed by atoms with Crippen LogP contribution in [0.5, 0.6) is 17.2 Å². The Bertz CT molecular complexity index is 1050. The number of methoxy groups -OCH3 is 3. The summed E-state index contributed by atoms with van der Waals surface area (Å²) in [7, 11) is 4.35. The summed E-state index contributed by atoms with van der Waals surface area (Å²) in [5.74, 6) is -0.169. The second kappa shape index (κ2) is 10.2. The van der Waals surface area contributed by atoms with Gasteiger partial charge in [-0.2, -0.15) is 0 Å². The Morgan fingerprint density at radius 3 is 1.94 bits per heavy atom. The van der Waals surface area contributed by atoms with Crippen molar-refractivity contribution >= 4 is 17.6 Å². The molecule has 0 aliphatic rings. The molecule has 0 aliphatic heterocycles. The fraction of sp³-hybridized carbons (Fsp3) is 0.167. The Labute approximate surface area is 180 Å². The van der Waals surface area contributed by atoms with Crippen LogP contribution in [0.15, 0.2) is 66.7 Å². The molecule has 0 bridgehead atoms. The van der Waals surface area contributed by atoms with E-state index >= 15 is 0 Å². The highest BCUT2D eigenvalue weighted by Gasteiger charge is 2.20. The van der Waals surface area contributed by atoms with Gasteiger partial charge in [0, 0.05) is 17.8 Å². The molecule has 0 fully saturated rings. The number of ether oxygens (including phenoxy) is 4. The Morgan fingerprint density at radius 1 is 0.742 bits per heavy atom. The lowest BCUT2D eigenvalue weighted by atomic mass is 10.1. The number of anilines is 1. The third-order valence-corrected chi connectivity index (χ3v) is 4.54. The lowest BCUT2D eigenvalue weighted by Gasteiger charge is -2.13. The summed E-state index contributed by atoms with van der Waals surface area (Å²) in [5.41, 5.74) is 2.84. The molecule has 3 rings (SSSR count). The standard InChI is InChI=1S/C24H23NO6/c1-28-20-14-22(30-3)21(29-2)13-19(20)24(27)31-15-23(26)25-18-11-9-17(10-12-18)16-7-5-4-6-8-16/h4-14H,15H2,1-3H3,(H,25,26). The number of hydrogen-bond donors (Lipinski definition) is 1. The summed E-state index contributed by atoms with van der Waals surface area (Å²) in [6.07, 6.45) is 0. The summed E-state index contributed by atoms with van der Waals surface area (Å²) >= 11 is 0. The van der Waals surface area contributed by atoms with Crippen molar-refractivity contribution in [1.82, 2.24) is 0 Å². The monoisotopic (exact) mass is 421 g/mol. The first-order valence-electron chi connectivity index (χ1n) is 9.48. The lowest BCUT2D eigenvalue weighted by Crippen LogP contribution is -2.21. The van der Waals surface area contributed by atoms with Crippen molar-refractivity contribution in [3.63, 3.8) is 0 Å². The molecule has 0 unspecified atom stereocenters. The highest BCUT2D eigenvalue weighted by molar-refractivity contribution is 5.97.